The van der Waals surface area contributed by atoms with Crippen molar-refractivity contribution >= 4 is 0 Å². The topological polar surface area (TPSA) is 75.3 Å². The zero-order valence-electron chi connectivity index (χ0n) is 14.1. The number of rotatable bonds is 7. The number of aryl methyl sites for hydroxylation is 1. The molecule has 128 valence electrons. The fourth-order valence-electron chi connectivity index (χ4n) is 3.49. The van der Waals surface area contributed by atoms with E-state index >= 15 is 0 Å². The third-order valence-corrected chi connectivity index (χ3v) is 4.72. The van der Waals surface area contributed by atoms with Gasteiger partial charge in [-0.2, -0.15) is 0 Å². The smallest absolute Gasteiger partial charge is 0.138 e. The van der Waals surface area contributed by atoms with Gasteiger partial charge in [-0.05, 0) is 69.0 Å². The summed E-state index contributed by atoms with van der Waals surface area (Å²) in [5.74, 6) is 0.262. The molecule has 0 spiro atoms. The average molecular weight is 326 g/mol. The molecule has 1 atom stereocenters. The Labute approximate surface area is 143 Å². The molecule has 5 nitrogen and oxygen atoms in total. The molecule has 3 N–H and O–H groups in total. The maximum atomic E-state index is 10.1. The lowest BCUT2D eigenvalue weighted by atomic mass is 9.90. The Hall–Kier alpha value is -1.98. The normalized spacial score (nSPS) is 17.0. The van der Waals surface area contributed by atoms with E-state index in [1.165, 1.54) is 17.7 Å². The van der Waals surface area contributed by atoms with Crippen molar-refractivity contribution in [2.45, 2.75) is 44.7 Å². The Kier molecular flexibility index (Phi) is 5.77. The first-order valence-electron chi connectivity index (χ1n) is 8.80. The van der Waals surface area contributed by atoms with Gasteiger partial charge in [0, 0.05) is 18.9 Å². The van der Waals surface area contributed by atoms with Gasteiger partial charge in [-0.1, -0.05) is 6.07 Å². The van der Waals surface area contributed by atoms with E-state index in [2.05, 4.69) is 20.9 Å². The molecular formula is C19H26N4O. The average Bonchev–Trinajstić information content (AvgIpc) is 2.62. The van der Waals surface area contributed by atoms with E-state index in [4.69, 9.17) is 5.73 Å². The second kappa shape index (κ2) is 8.22. The predicted octanol–water partition coefficient (Wildman–Crippen LogP) is 2.80. The molecule has 2 heterocycles. The van der Waals surface area contributed by atoms with Crippen LogP contribution in [0.1, 0.15) is 48.7 Å². The fourth-order valence-corrected chi connectivity index (χ4v) is 3.49. The lowest BCUT2D eigenvalue weighted by Gasteiger charge is -2.35. The Balaban J connectivity index is 1.83. The van der Waals surface area contributed by atoms with Gasteiger partial charge in [-0.25, -0.2) is 0 Å². The molecule has 0 fully saturated rings. The number of unbranched alkanes of at least 4 members (excludes halogenated alkanes) is 1. The van der Waals surface area contributed by atoms with Gasteiger partial charge in [-0.15, -0.1) is 0 Å². The molecular weight excluding hydrogens is 300 g/mol. The van der Waals surface area contributed by atoms with E-state index < -0.39 is 0 Å². The SMILES string of the molecule is NCCCCN(Cc1ncccc1O)C1CCCc2cccnc21. The molecule has 2 aromatic rings. The predicted molar refractivity (Wildman–Crippen MR) is 94.5 cm³/mol. The highest BCUT2D eigenvalue weighted by Crippen LogP contribution is 2.34. The van der Waals surface area contributed by atoms with Crippen molar-refractivity contribution in [1.29, 1.82) is 0 Å². The van der Waals surface area contributed by atoms with Crippen molar-refractivity contribution in [2.75, 3.05) is 13.1 Å². The molecule has 0 saturated carbocycles. The maximum Gasteiger partial charge on any atom is 0.138 e. The van der Waals surface area contributed by atoms with E-state index in [1.54, 1.807) is 18.3 Å². The molecule has 0 aromatic carbocycles. The fraction of sp³-hybridized carbons (Fsp3) is 0.474. The van der Waals surface area contributed by atoms with Crippen molar-refractivity contribution in [3.8, 4) is 5.75 Å². The van der Waals surface area contributed by atoms with Crippen LogP contribution in [0.25, 0.3) is 0 Å². The van der Waals surface area contributed by atoms with Crippen LogP contribution in [0.4, 0.5) is 0 Å². The first kappa shape index (κ1) is 16.9. The maximum absolute atomic E-state index is 10.1. The number of pyridine rings is 2. The minimum Gasteiger partial charge on any atom is -0.506 e. The molecule has 1 aliphatic rings. The zero-order valence-corrected chi connectivity index (χ0v) is 14.1. The standard InChI is InChI=1S/C19H26N4O/c20-10-1-2-13-23(14-16-18(24)9-5-11-21-16)17-8-3-6-15-7-4-12-22-19(15)17/h4-5,7,9,11-12,17,24H,1-3,6,8,10,13-14,20H2. The molecule has 0 amide bonds. The van der Waals surface area contributed by atoms with E-state index in [0.29, 0.717) is 13.1 Å². The Morgan fingerprint density at radius 3 is 2.83 bits per heavy atom. The van der Waals surface area contributed by atoms with Crippen LogP contribution < -0.4 is 5.73 Å². The van der Waals surface area contributed by atoms with Crippen LogP contribution in [0, 0.1) is 0 Å². The first-order valence-corrected chi connectivity index (χ1v) is 8.80. The van der Waals surface area contributed by atoms with Crippen molar-refractivity contribution < 1.29 is 5.11 Å². The van der Waals surface area contributed by atoms with E-state index in [9.17, 15) is 5.11 Å². The van der Waals surface area contributed by atoms with Crippen LogP contribution in [0.15, 0.2) is 36.7 Å². The lowest BCUT2D eigenvalue weighted by molar-refractivity contribution is 0.159. The first-order chi connectivity index (χ1) is 11.8. The summed E-state index contributed by atoms with van der Waals surface area (Å²) in [6.45, 7) is 2.29. The van der Waals surface area contributed by atoms with Crippen LogP contribution in [-0.2, 0) is 13.0 Å². The molecule has 1 aliphatic carbocycles. The molecule has 0 aliphatic heterocycles. The number of nitrogens with zero attached hydrogens (tertiary/aromatic N) is 3. The van der Waals surface area contributed by atoms with Crippen LogP contribution in [0.2, 0.25) is 0 Å². The third-order valence-electron chi connectivity index (χ3n) is 4.72. The van der Waals surface area contributed by atoms with Gasteiger partial charge in [0.2, 0.25) is 0 Å². The summed E-state index contributed by atoms with van der Waals surface area (Å²) in [4.78, 5) is 11.4. The quantitative estimate of drug-likeness (QED) is 0.765. The van der Waals surface area contributed by atoms with Crippen LogP contribution >= 0.6 is 0 Å². The Morgan fingerprint density at radius 1 is 1.17 bits per heavy atom. The number of aromatic nitrogens is 2. The van der Waals surface area contributed by atoms with Gasteiger partial charge in [-0.3, -0.25) is 14.9 Å². The van der Waals surface area contributed by atoms with Gasteiger partial charge < -0.3 is 10.8 Å². The van der Waals surface area contributed by atoms with Crippen LogP contribution in [-0.4, -0.2) is 33.1 Å². The number of hydrogen-bond acceptors (Lipinski definition) is 5. The number of hydrogen-bond donors (Lipinski definition) is 2. The van der Waals surface area contributed by atoms with Crippen molar-refractivity contribution in [3.63, 3.8) is 0 Å². The van der Waals surface area contributed by atoms with Crippen molar-refractivity contribution in [1.82, 2.24) is 14.9 Å². The largest absolute Gasteiger partial charge is 0.506 e. The summed E-state index contributed by atoms with van der Waals surface area (Å²) in [6.07, 6.45) is 9.04. The molecule has 2 aromatic heterocycles. The molecule has 0 saturated heterocycles. The molecule has 5 heteroatoms. The summed E-state index contributed by atoms with van der Waals surface area (Å²) >= 11 is 0. The lowest BCUT2D eigenvalue weighted by Crippen LogP contribution is -2.33. The number of nitrogens with two attached hydrogens (primary N) is 1. The van der Waals surface area contributed by atoms with Gasteiger partial charge in [0.1, 0.15) is 5.75 Å². The summed E-state index contributed by atoms with van der Waals surface area (Å²) in [7, 11) is 0. The minimum atomic E-state index is 0.262. The van der Waals surface area contributed by atoms with Gasteiger partial charge in [0.25, 0.3) is 0 Å². The molecule has 1 unspecified atom stereocenters. The minimum absolute atomic E-state index is 0.262. The third kappa shape index (κ3) is 3.91. The summed E-state index contributed by atoms with van der Waals surface area (Å²) in [6, 6.07) is 7.95. The van der Waals surface area contributed by atoms with Crippen molar-refractivity contribution in [2.24, 2.45) is 5.73 Å². The monoisotopic (exact) mass is 326 g/mol. The van der Waals surface area contributed by atoms with Crippen LogP contribution in [0.5, 0.6) is 5.75 Å². The molecule has 3 rings (SSSR count). The van der Waals surface area contributed by atoms with Gasteiger partial charge >= 0.3 is 0 Å². The van der Waals surface area contributed by atoms with Crippen LogP contribution in [0.3, 0.4) is 0 Å². The highest BCUT2D eigenvalue weighted by molar-refractivity contribution is 5.27. The van der Waals surface area contributed by atoms with E-state index in [1.807, 2.05) is 12.3 Å². The molecule has 0 bridgehead atoms. The summed E-state index contributed by atoms with van der Waals surface area (Å²) in [5, 5.41) is 10.1. The van der Waals surface area contributed by atoms with Crippen molar-refractivity contribution in [3.05, 3.63) is 53.6 Å². The van der Waals surface area contributed by atoms with Gasteiger partial charge in [0.15, 0.2) is 0 Å². The Bertz CT molecular complexity index is 661. The highest BCUT2D eigenvalue weighted by Gasteiger charge is 2.27. The van der Waals surface area contributed by atoms with E-state index in [0.717, 1.165) is 37.9 Å². The zero-order chi connectivity index (χ0) is 16.8. The highest BCUT2D eigenvalue weighted by atomic mass is 16.3. The van der Waals surface area contributed by atoms with Gasteiger partial charge in [0.05, 0.1) is 17.4 Å². The van der Waals surface area contributed by atoms with E-state index in [-0.39, 0.29) is 11.8 Å². The summed E-state index contributed by atoms with van der Waals surface area (Å²) in [5.41, 5.74) is 8.93. The second-order valence-corrected chi connectivity index (χ2v) is 6.39. The number of fused-ring (bicyclic) bond motifs is 1. The Morgan fingerprint density at radius 2 is 2.00 bits per heavy atom. The molecule has 0 radical (unpaired) electrons. The second-order valence-electron chi connectivity index (χ2n) is 6.39. The molecule has 24 heavy (non-hydrogen) atoms. The number of aromatic hydroxyl groups is 1. The summed E-state index contributed by atoms with van der Waals surface area (Å²) < 4.78 is 0.